The molecule has 4 fully saturated rings. The van der Waals surface area contributed by atoms with E-state index in [1.165, 1.54) is 8.61 Å². The van der Waals surface area contributed by atoms with Crippen molar-refractivity contribution in [1.82, 2.24) is 18.4 Å². The van der Waals surface area contributed by atoms with Gasteiger partial charge in [0.05, 0.1) is 13.2 Å². The van der Waals surface area contributed by atoms with E-state index in [2.05, 4.69) is 4.90 Å². The van der Waals surface area contributed by atoms with Gasteiger partial charge >= 0.3 is 0 Å². The minimum Gasteiger partial charge on any atom is -0.381 e. The van der Waals surface area contributed by atoms with Crippen molar-refractivity contribution in [2.45, 2.75) is 44.2 Å². The van der Waals surface area contributed by atoms with Crippen LogP contribution in [0, 0.1) is 5.92 Å². The minimum absolute atomic E-state index is 0.255. The molecule has 10 heteroatoms. The Morgan fingerprint density at radius 2 is 1.57 bits per heavy atom. The number of nitrogens with zero attached hydrogens (tertiary/aromatic N) is 4. The van der Waals surface area contributed by atoms with Gasteiger partial charge in [-0.3, -0.25) is 9.69 Å². The fraction of sp³-hybridized carbons (Fsp3) is 0.950. The van der Waals surface area contributed by atoms with Gasteiger partial charge in [0.15, 0.2) is 0 Å². The average molecular weight is 445 g/mol. The standard InChI is InChI=1S/C20H36N4O5S/c1-21(30(26,27)23-10-14-29-15-11-23)8-9-24(18-5-12-28-13-6-18)19-4-7-22(16-19)20(25)17-2-3-17/h17-19H,2-16H2,1H3. The van der Waals surface area contributed by atoms with Crippen LogP contribution in [0.2, 0.25) is 0 Å². The molecule has 0 N–H and O–H groups in total. The number of likely N-dealkylation sites (N-methyl/N-ethyl adjacent to an activating group) is 1. The van der Waals surface area contributed by atoms with Crippen LogP contribution in [0.1, 0.15) is 32.1 Å². The number of amides is 1. The van der Waals surface area contributed by atoms with Gasteiger partial charge in [0, 0.05) is 77.5 Å². The smallest absolute Gasteiger partial charge is 0.281 e. The highest BCUT2D eigenvalue weighted by Crippen LogP contribution is 2.33. The Labute approximate surface area is 180 Å². The van der Waals surface area contributed by atoms with Crippen LogP contribution in [0.15, 0.2) is 0 Å². The van der Waals surface area contributed by atoms with Crippen molar-refractivity contribution in [2.24, 2.45) is 5.92 Å². The number of rotatable bonds is 8. The summed E-state index contributed by atoms with van der Waals surface area (Å²) in [5, 5.41) is 0. The van der Waals surface area contributed by atoms with Crippen LogP contribution in [0.3, 0.4) is 0 Å². The molecule has 3 aliphatic heterocycles. The monoisotopic (exact) mass is 444 g/mol. The molecule has 1 unspecified atom stereocenters. The maximum Gasteiger partial charge on any atom is 0.281 e. The zero-order valence-electron chi connectivity index (χ0n) is 18.1. The van der Waals surface area contributed by atoms with Gasteiger partial charge in [-0.15, -0.1) is 0 Å². The summed E-state index contributed by atoms with van der Waals surface area (Å²) >= 11 is 0. The third-order valence-corrected chi connectivity index (χ3v) is 8.88. The lowest BCUT2D eigenvalue weighted by atomic mass is 10.0. The first-order valence-corrected chi connectivity index (χ1v) is 12.8. The Morgan fingerprint density at radius 1 is 0.900 bits per heavy atom. The van der Waals surface area contributed by atoms with E-state index in [9.17, 15) is 13.2 Å². The van der Waals surface area contributed by atoms with Crippen LogP contribution in [-0.4, -0.2) is 118 Å². The Balaban J connectivity index is 1.38. The highest BCUT2D eigenvalue weighted by atomic mass is 32.2. The van der Waals surface area contributed by atoms with Gasteiger partial charge in [0.2, 0.25) is 5.91 Å². The van der Waals surface area contributed by atoms with Crippen molar-refractivity contribution in [2.75, 3.05) is 72.7 Å². The highest BCUT2D eigenvalue weighted by Gasteiger charge is 2.40. The van der Waals surface area contributed by atoms with Gasteiger partial charge in [0.1, 0.15) is 0 Å². The number of hydrogen-bond donors (Lipinski definition) is 0. The van der Waals surface area contributed by atoms with E-state index >= 15 is 0 Å². The van der Waals surface area contributed by atoms with Gasteiger partial charge in [-0.05, 0) is 32.1 Å². The van der Waals surface area contributed by atoms with Gasteiger partial charge in [-0.1, -0.05) is 0 Å². The molecule has 1 saturated carbocycles. The molecule has 1 amide bonds. The largest absolute Gasteiger partial charge is 0.381 e. The second-order valence-electron chi connectivity index (χ2n) is 8.92. The van der Waals surface area contributed by atoms with E-state index in [0.717, 1.165) is 58.4 Å². The number of morpholine rings is 1. The molecule has 4 aliphatic rings. The summed E-state index contributed by atoms with van der Waals surface area (Å²) in [4.78, 5) is 17.0. The Kier molecular flexibility index (Phi) is 7.31. The summed E-state index contributed by atoms with van der Waals surface area (Å²) in [7, 11) is -1.80. The molecule has 3 saturated heterocycles. The maximum atomic E-state index is 12.9. The molecule has 0 aromatic rings. The topological polar surface area (TPSA) is 82.6 Å². The Bertz CT molecular complexity index is 689. The molecule has 1 aliphatic carbocycles. The fourth-order valence-electron chi connectivity index (χ4n) is 4.83. The van der Waals surface area contributed by atoms with Gasteiger partial charge in [-0.25, -0.2) is 0 Å². The van der Waals surface area contributed by atoms with Gasteiger partial charge in [-0.2, -0.15) is 17.0 Å². The lowest BCUT2D eigenvalue weighted by Crippen LogP contribution is -2.52. The summed E-state index contributed by atoms with van der Waals surface area (Å²) in [6.45, 7) is 5.96. The zero-order chi connectivity index (χ0) is 21.1. The fourth-order valence-corrected chi connectivity index (χ4v) is 6.14. The molecular formula is C20H36N4O5S. The van der Waals surface area contributed by atoms with Crippen molar-refractivity contribution < 1.29 is 22.7 Å². The third-order valence-electron chi connectivity index (χ3n) is 6.89. The molecule has 0 aromatic carbocycles. The van der Waals surface area contributed by atoms with Crippen LogP contribution in [0.25, 0.3) is 0 Å². The number of hydrogen-bond acceptors (Lipinski definition) is 6. The summed E-state index contributed by atoms with van der Waals surface area (Å²) in [6.07, 6.45) is 4.97. The second kappa shape index (κ2) is 9.79. The summed E-state index contributed by atoms with van der Waals surface area (Å²) in [6, 6.07) is 0.689. The zero-order valence-corrected chi connectivity index (χ0v) is 18.9. The lowest BCUT2D eigenvalue weighted by molar-refractivity contribution is -0.131. The van der Waals surface area contributed by atoms with Crippen LogP contribution in [0.4, 0.5) is 0 Å². The van der Waals surface area contributed by atoms with E-state index in [1.54, 1.807) is 7.05 Å². The van der Waals surface area contributed by atoms with Crippen LogP contribution >= 0.6 is 0 Å². The van der Waals surface area contributed by atoms with Crippen LogP contribution in [0.5, 0.6) is 0 Å². The molecule has 0 spiro atoms. The molecule has 3 heterocycles. The Morgan fingerprint density at radius 3 is 2.23 bits per heavy atom. The molecule has 172 valence electrons. The molecule has 9 nitrogen and oxygen atoms in total. The van der Waals surface area contributed by atoms with Crippen molar-refractivity contribution in [1.29, 1.82) is 0 Å². The van der Waals surface area contributed by atoms with E-state index in [-0.39, 0.29) is 5.92 Å². The first-order valence-electron chi connectivity index (χ1n) is 11.4. The third kappa shape index (κ3) is 5.16. The average Bonchev–Trinajstić information content (AvgIpc) is 3.52. The van der Waals surface area contributed by atoms with Crippen LogP contribution < -0.4 is 0 Å². The minimum atomic E-state index is -3.47. The lowest BCUT2D eigenvalue weighted by Gasteiger charge is -2.39. The molecule has 0 aromatic heterocycles. The SMILES string of the molecule is CN(CCN(C1CCOCC1)C1CCN(C(=O)C2CC2)C1)S(=O)(=O)N1CCOCC1. The predicted molar refractivity (Wildman–Crippen MR) is 112 cm³/mol. The predicted octanol–water partition coefficient (Wildman–Crippen LogP) is -0.0129. The van der Waals surface area contributed by atoms with Gasteiger partial charge in [0.25, 0.3) is 10.2 Å². The molecule has 0 bridgehead atoms. The summed E-state index contributed by atoms with van der Waals surface area (Å²) in [5.41, 5.74) is 0. The Hall–Kier alpha value is -0.780. The molecule has 0 radical (unpaired) electrons. The number of carbonyl (C=O) groups is 1. The van der Waals surface area contributed by atoms with Gasteiger partial charge < -0.3 is 14.4 Å². The van der Waals surface area contributed by atoms with Crippen molar-refractivity contribution in [3.8, 4) is 0 Å². The number of ether oxygens (including phenoxy) is 2. The second-order valence-corrected chi connectivity index (χ2v) is 11.0. The van der Waals surface area contributed by atoms with E-state index in [0.29, 0.717) is 57.4 Å². The molecule has 30 heavy (non-hydrogen) atoms. The van der Waals surface area contributed by atoms with Crippen molar-refractivity contribution in [3.63, 3.8) is 0 Å². The van der Waals surface area contributed by atoms with E-state index in [4.69, 9.17) is 9.47 Å². The first-order chi connectivity index (χ1) is 14.5. The normalized spacial score (nSPS) is 27.3. The molecule has 4 rings (SSSR count). The highest BCUT2D eigenvalue weighted by molar-refractivity contribution is 7.86. The number of likely N-dealkylation sites (tertiary alicyclic amines) is 1. The quantitative estimate of drug-likeness (QED) is 0.524. The van der Waals surface area contributed by atoms with Crippen molar-refractivity contribution >= 4 is 16.1 Å². The number of carbonyl (C=O) groups excluding carboxylic acids is 1. The molecule has 1 atom stereocenters. The van der Waals surface area contributed by atoms with Crippen molar-refractivity contribution in [3.05, 3.63) is 0 Å². The van der Waals surface area contributed by atoms with E-state index in [1.807, 2.05) is 4.90 Å². The van der Waals surface area contributed by atoms with Crippen LogP contribution in [-0.2, 0) is 24.5 Å². The summed E-state index contributed by atoms with van der Waals surface area (Å²) in [5.74, 6) is 0.571. The maximum absolute atomic E-state index is 12.9. The molecular weight excluding hydrogens is 408 g/mol. The first kappa shape index (κ1) is 22.4. The van der Waals surface area contributed by atoms with E-state index < -0.39 is 10.2 Å². The summed E-state index contributed by atoms with van der Waals surface area (Å²) < 4.78 is 39.7.